The zero-order valence-corrected chi connectivity index (χ0v) is 29.8. The van der Waals surface area contributed by atoms with Crippen molar-refractivity contribution in [2.45, 2.75) is 128 Å². The van der Waals surface area contributed by atoms with Crippen molar-refractivity contribution < 1.29 is 33.5 Å². The molecule has 2 unspecified atom stereocenters. The summed E-state index contributed by atoms with van der Waals surface area (Å²) in [6.07, 6.45) is 7.30. The van der Waals surface area contributed by atoms with Gasteiger partial charge >= 0.3 is 6.09 Å². The Morgan fingerprint density at radius 2 is 1.73 bits per heavy atom. The van der Waals surface area contributed by atoms with Gasteiger partial charge in [-0.15, -0.1) is 0 Å². The van der Waals surface area contributed by atoms with Gasteiger partial charge in [0.25, 0.3) is 5.91 Å². The average molecular weight is 700 g/mol. The monoisotopic (exact) mass is 699 g/mol. The SMILES string of the molecule is CCCC(NC(=O)[C@@H]1C[C@@]2(CN(c3cccc(Cl)c3)C(=O)O2)CN1C(=O)C(NC(=O)CC1CCCCC1)C(C)(C)C)C(=O)C(=O)NC1CC1. The quantitative estimate of drug-likeness (QED) is 0.276. The molecule has 2 saturated heterocycles. The Labute approximate surface area is 293 Å². The van der Waals surface area contributed by atoms with Gasteiger partial charge in [-0.05, 0) is 61.6 Å². The summed E-state index contributed by atoms with van der Waals surface area (Å²) >= 11 is 6.21. The minimum Gasteiger partial charge on any atom is -0.439 e. The van der Waals surface area contributed by atoms with E-state index in [0.29, 0.717) is 23.6 Å². The van der Waals surface area contributed by atoms with Crippen LogP contribution < -0.4 is 20.9 Å². The van der Waals surface area contributed by atoms with E-state index in [1.54, 1.807) is 24.3 Å². The fraction of sp³-hybridized carbons (Fsp3) is 0.667. The van der Waals surface area contributed by atoms with E-state index in [-0.39, 0.29) is 43.8 Å². The summed E-state index contributed by atoms with van der Waals surface area (Å²) in [7, 11) is 0. The maximum atomic E-state index is 14.6. The van der Waals surface area contributed by atoms with Gasteiger partial charge in [-0.1, -0.05) is 71.0 Å². The highest BCUT2D eigenvalue weighted by Gasteiger charge is 2.58. The van der Waals surface area contributed by atoms with Gasteiger partial charge in [-0.25, -0.2) is 4.79 Å². The summed E-state index contributed by atoms with van der Waals surface area (Å²) in [5.41, 5.74) is -1.46. The number of ketones is 1. The number of halogens is 1. The molecule has 49 heavy (non-hydrogen) atoms. The number of likely N-dealkylation sites (tertiary alicyclic amines) is 1. The number of Topliss-reactive ketones (excluding diaryl/α,β-unsaturated/α-hetero) is 1. The molecule has 5 amide bonds. The van der Waals surface area contributed by atoms with Gasteiger partial charge in [-0.2, -0.15) is 0 Å². The second-order valence-corrected chi connectivity index (χ2v) is 15.8. The van der Waals surface area contributed by atoms with Gasteiger partial charge in [0.2, 0.25) is 23.5 Å². The molecule has 0 radical (unpaired) electrons. The maximum absolute atomic E-state index is 14.6. The highest BCUT2D eigenvalue weighted by atomic mass is 35.5. The number of nitrogens with one attached hydrogen (secondary N) is 3. The Kier molecular flexibility index (Phi) is 11.3. The van der Waals surface area contributed by atoms with E-state index in [4.69, 9.17) is 16.3 Å². The lowest BCUT2D eigenvalue weighted by molar-refractivity contribution is -0.145. The van der Waals surface area contributed by atoms with Gasteiger partial charge in [-0.3, -0.25) is 28.9 Å². The molecule has 12 nitrogen and oxygen atoms in total. The lowest BCUT2D eigenvalue weighted by atomic mass is 9.84. The summed E-state index contributed by atoms with van der Waals surface area (Å²) in [4.78, 5) is 83.9. The molecule has 2 aliphatic heterocycles. The first-order chi connectivity index (χ1) is 23.2. The third-order valence-corrected chi connectivity index (χ3v) is 10.3. The van der Waals surface area contributed by atoms with Gasteiger partial charge in [0, 0.05) is 29.6 Å². The van der Waals surface area contributed by atoms with Gasteiger partial charge in [0.15, 0.2) is 5.60 Å². The van der Waals surface area contributed by atoms with Crippen LogP contribution in [0.15, 0.2) is 24.3 Å². The third kappa shape index (κ3) is 8.93. The van der Waals surface area contributed by atoms with Crippen molar-refractivity contribution in [1.82, 2.24) is 20.9 Å². The average Bonchev–Trinajstić information content (AvgIpc) is 3.70. The van der Waals surface area contributed by atoms with E-state index in [0.717, 1.165) is 44.9 Å². The van der Waals surface area contributed by atoms with Crippen molar-refractivity contribution in [3.8, 4) is 0 Å². The highest BCUT2D eigenvalue weighted by molar-refractivity contribution is 6.38. The van der Waals surface area contributed by atoms with Crippen LogP contribution in [0, 0.1) is 11.3 Å². The summed E-state index contributed by atoms with van der Waals surface area (Å²) in [6, 6.07) is 3.52. The number of amides is 5. The molecular weight excluding hydrogens is 650 g/mol. The number of hydrogen-bond donors (Lipinski definition) is 3. The van der Waals surface area contributed by atoms with Crippen LogP contribution in [-0.2, 0) is 28.7 Å². The van der Waals surface area contributed by atoms with Crippen molar-refractivity contribution in [3.63, 3.8) is 0 Å². The minimum atomic E-state index is -1.25. The van der Waals surface area contributed by atoms with Crippen molar-refractivity contribution in [2.75, 3.05) is 18.0 Å². The van der Waals surface area contributed by atoms with E-state index in [1.165, 1.54) is 9.80 Å². The number of rotatable bonds is 12. The summed E-state index contributed by atoms with van der Waals surface area (Å²) in [5, 5.41) is 8.87. The van der Waals surface area contributed by atoms with Crippen LogP contribution in [-0.4, -0.2) is 83.3 Å². The topological polar surface area (TPSA) is 154 Å². The third-order valence-electron chi connectivity index (χ3n) is 10.0. The number of benzene rings is 1. The van der Waals surface area contributed by atoms with Crippen molar-refractivity contribution in [1.29, 1.82) is 0 Å². The smallest absolute Gasteiger partial charge is 0.415 e. The lowest BCUT2D eigenvalue weighted by Crippen LogP contribution is -2.59. The second-order valence-electron chi connectivity index (χ2n) is 15.3. The van der Waals surface area contributed by atoms with E-state index in [1.807, 2.05) is 27.7 Å². The number of ether oxygens (including phenoxy) is 1. The van der Waals surface area contributed by atoms with Crippen LogP contribution in [0.1, 0.15) is 98.3 Å². The molecule has 4 atom stereocenters. The van der Waals surface area contributed by atoms with Crippen LogP contribution in [0.25, 0.3) is 0 Å². The summed E-state index contributed by atoms with van der Waals surface area (Å²) < 4.78 is 5.96. The largest absolute Gasteiger partial charge is 0.439 e. The predicted molar refractivity (Wildman–Crippen MR) is 184 cm³/mol. The Morgan fingerprint density at radius 3 is 2.37 bits per heavy atom. The minimum absolute atomic E-state index is 0.0284. The molecule has 1 spiro atoms. The fourth-order valence-corrected chi connectivity index (χ4v) is 7.41. The Hall–Kier alpha value is -3.67. The van der Waals surface area contributed by atoms with Crippen molar-refractivity contribution in [2.24, 2.45) is 11.3 Å². The predicted octanol–water partition coefficient (Wildman–Crippen LogP) is 4.27. The van der Waals surface area contributed by atoms with Gasteiger partial charge < -0.3 is 25.6 Å². The van der Waals surface area contributed by atoms with Crippen LogP contribution >= 0.6 is 11.6 Å². The first-order valence-electron chi connectivity index (χ1n) is 17.7. The van der Waals surface area contributed by atoms with Crippen LogP contribution in [0.2, 0.25) is 5.02 Å². The molecule has 4 aliphatic rings. The van der Waals surface area contributed by atoms with Gasteiger partial charge in [0.05, 0.1) is 19.1 Å². The first kappa shape index (κ1) is 36.6. The first-order valence-corrected chi connectivity index (χ1v) is 18.1. The van der Waals surface area contributed by atoms with Crippen LogP contribution in [0.5, 0.6) is 0 Å². The number of hydrogen-bond acceptors (Lipinski definition) is 7. The highest BCUT2D eigenvalue weighted by Crippen LogP contribution is 2.40. The van der Waals surface area contributed by atoms with E-state index >= 15 is 0 Å². The molecule has 0 aromatic heterocycles. The molecule has 2 aliphatic carbocycles. The molecule has 2 saturated carbocycles. The lowest BCUT2D eigenvalue weighted by Gasteiger charge is -2.36. The van der Waals surface area contributed by atoms with E-state index < -0.39 is 58.7 Å². The Balaban J connectivity index is 1.40. The second kappa shape index (κ2) is 15.1. The van der Waals surface area contributed by atoms with E-state index in [2.05, 4.69) is 16.0 Å². The number of nitrogens with zero attached hydrogens (tertiary/aromatic N) is 2. The molecule has 268 valence electrons. The number of anilines is 1. The molecule has 5 rings (SSSR count). The molecule has 0 bridgehead atoms. The van der Waals surface area contributed by atoms with Crippen molar-refractivity contribution in [3.05, 3.63) is 29.3 Å². The van der Waals surface area contributed by atoms with Crippen molar-refractivity contribution >= 4 is 52.8 Å². The maximum Gasteiger partial charge on any atom is 0.415 e. The summed E-state index contributed by atoms with van der Waals surface area (Å²) in [6.45, 7) is 7.34. The van der Waals surface area contributed by atoms with Crippen LogP contribution in [0.4, 0.5) is 10.5 Å². The molecule has 3 N–H and O–H groups in total. The zero-order chi connectivity index (χ0) is 35.5. The van der Waals surface area contributed by atoms with Gasteiger partial charge in [0.1, 0.15) is 12.1 Å². The molecule has 13 heteroatoms. The van der Waals surface area contributed by atoms with Crippen LogP contribution in [0.3, 0.4) is 0 Å². The Morgan fingerprint density at radius 1 is 1.02 bits per heavy atom. The number of carbonyl (C=O) groups is 6. The molecule has 2 heterocycles. The normalized spacial score (nSPS) is 23.9. The fourth-order valence-electron chi connectivity index (χ4n) is 7.22. The molecule has 1 aromatic rings. The summed E-state index contributed by atoms with van der Waals surface area (Å²) in [5.74, 6) is -2.55. The molecular formula is C36H50ClN5O7. The molecule has 4 fully saturated rings. The Bertz CT molecular complexity index is 1450. The number of carbonyl (C=O) groups excluding carboxylic acids is 6. The van der Waals surface area contributed by atoms with E-state index in [9.17, 15) is 28.8 Å². The standard InChI is InChI=1S/C36H50ClN5O7/c1-5-10-26(29(44)32(46)38-24-15-16-24)39-31(45)27-19-36(20-41(34(48)49-36)25-14-9-13-23(37)18-25)21-42(27)33(47)30(35(2,3)4)40-28(43)17-22-11-7-6-8-12-22/h9,13-14,18,22,24,26-27,30H,5-8,10-12,15-17,19-21H2,1-4H3,(H,38,46)(H,39,45)(H,40,43)/t26?,27-,30?,36+/m0/s1. The zero-order valence-electron chi connectivity index (χ0n) is 29.0. The molecule has 1 aromatic carbocycles.